The molecule has 1 fully saturated rings. The van der Waals surface area contributed by atoms with Gasteiger partial charge >= 0.3 is 6.01 Å². The summed E-state index contributed by atoms with van der Waals surface area (Å²) in [5, 5.41) is 0.182. The fraction of sp³-hybridized carbons (Fsp3) is 0.750. The molecule has 0 aromatic carbocycles. The Bertz CT molecular complexity index is 415. The fourth-order valence-corrected chi connectivity index (χ4v) is 1.99. The summed E-state index contributed by atoms with van der Waals surface area (Å²) in [6.45, 7) is 5.83. The maximum Gasteiger partial charge on any atom is 0.322 e. The van der Waals surface area contributed by atoms with Gasteiger partial charge in [-0.3, -0.25) is 0 Å². The van der Waals surface area contributed by atoms with Crippen LogP contribution in [0.15, 0.2) is 0 Å². The lowest BCUT2D eigenvalue weighted by atomic mass is 10.3. The molecule has 6 heteroatoms. The van der Waals surface area contributed by atoms with Crippen LogP contribution in [-0.2, 0) is 0 Å². The smallest absolute Gasteiger partial charge is 0.322 e. The molecule has 0 aliphatic heterocycles. The number of anilines is 1. The van der Waals surface area contributed by atoms with Gasteiger partial charge in [0.1, 0.15) is 0 Å². The molecule has 18 heavy (non-hydrogen) atoms. The van der Waals surface area contributed by atoms with Gasteiger partial charge in [0.05, 0.1) is 6.61 Å². The minimum absolute atomic E-state index is 0.182. The Kier molecular flexibility index (Phi) is 4.22. The van der Waals surface area contributed by atoms with Gasteiger partial charge in [-0.15, -0.1) is 0 Å². The van der Waals surface area contributed by atoms with Gasteiger partial charge in [0.25, 0.3) is 0 Å². The summed E-state index contributed by atoms with van der Waals surface area (Å²) < 4.78 is 5.40. The molecule has 0 radical (unpaired) electrons. The SMILES string of the molecule is CCCOc1nc(Cl)nc(N(C)CC2CC2C)n1. The van der Waals surface area contributed by atoms with E-state index in [1.165, 1.54) is 6.42 Å². The predicted molar refractivity (Wildman–Crippen MR) is 71.2 cm³/mol. The van der Waals surface area contributed by atoms with Crippen molar-refractivity contribution in [3.63, 3.8) is 0 Å². The van der Waals surface area contributed by atoms with Crippen LogP contribution >= 0.6 is 11.6 Å². The van der Waals surface area contributed by atoms with E-state index < -0.39 is 0 Å². The van der Waals surface area contributed by atoms with E-state index in [4.69, 9.17) is 16.3 Å². The second-order valence-corrected chi connectivity index (χ2v) is 5.23. The number of aromatic nitrogens is 3. The van der Waals surface area contributed by atoms with Crippen LogP contribution in [-0.4, -0.2) is 35.2 Å². The summed E-state index contributed by atoms with van der Waals surface area (Å²) in [6, 6.07) is 0.308. The Balaban J connectivity index is 2.03. The van der Waals surface area contributed by atoms with E-state index in [9.17, 15) is 0 Å². The zero-order valence-electron chi connectivity index (χ0n) is 11.1. The molecule has 100 valence electrons. The second kappa shape index (κ2) is 5.69. The summed E-state index contributed by atoms with van der Waals surface area (Å²) in [7, 11) is 1.97. The van der Waals surface area contributed by atoms with Crippen molar-refractivity contribution in [3.8, 4) is 6.01 Å². The second-order valence-electron chi connectivity index (χ2n) is 4.89. The first-order valence-electron chi connectivity index (χ1n) is 6.35. The maximum absolute atomic E-state index is 5.88. The third kappa shape index (κ3) is 3.45. The van der Waals surface area contributed by atoms with Crippen molar-refractivity contribution in [2.45, 2.75) is 26.7 Å². The summed E-state index contributed by atoms with van der Waals surface area (Å²) in [6.07, 6.45) is 2.19. The van der Waals surface area contributed by atoms with Crippen LogP contribution in [0.25, 0.3) is 0 Å². The molecule has 1 aromatic rings. The third-order valence-electron chi connectivity index (χ3n) is 3.14. The van der Waals surface area contributed by atoms with E-state index in [0.717, 1.165) is 24.8 Å². The van der Waals surface area contributed by atoms with E-state index in [1.54, 1.807) is 0 Å². The molecule has 1 aliphatic carbocycles. The molecule has 1 heterocycles. The van der Waals surface area contributed by atoms with Crippen molar-refractivity contribution in [2.75, 3.05) is 25.1 Å². The molecule has 2 rings (SSSR count). The van der Waals surface area contributed by atoms with Crippen LogP contribution in [0.1, 0.15) is 26.7 Å². The van der Waals surface area contributed by atoms with Crippen molar-refractivity contribution in [2.24, 2.45) is 11.8 Å². The number of hydrogen-bond acceptors (Lipinski definition) is 5. The van der Waals surface area contributed by atoms with Crippen LogP contribution in [0.4, 0.5) is 5.95 Å². The average molecular weight is 271 g/mol. The molecule has 1 aliphatic rings. The Morgan fingerprint density at radius 2 is 2.11 bits per heavy atom. The monoisotopic (exact) mass is 270 g/mol. The minimum Gasteiger partial charge on any atom is -0.463 e. The number of nitrogens with zero attached hydrogens (tertiary/aromatic N) is 4. The molecule has 5 nitrogen and oxygen atoms in total. The molecule has 2 unspecified atom stereocenters. The van der Waals surface area contributed by atoms with Crippen LogP contribution in [0.5, 0.6) is 6.01 Å². The molecular formula is C12H19ClN4O. The van der Waals surface area contributed by atoms with Crippen LogP contribution in [0.3, 0.4) is 0 Å². The molecule has 0 amide bonds. The molecule has 0 spiro atoms. The highest BCUT2D eigenvalue weighted by atomic mass is 35.5. The largest absolute Gasteiger partial charge is 0.463 e. The summed E-state index contributed by atoms with van der Waals surface area (Å²) in [5.74, 6) is 2.13. The highest BCUT2D eigenvalue weighted by molar-refractivity contribution is 6.28. The lowest BCUT2D eigenvalue weighted by molar-refractivity contribution is 0.291. The number of hydrogen-bond donors (Lipinski definition) is 0. The molecule has 2 atom stereocenters. The van der Waals surface area contributed by atoms with E-state index >= 15 is 0 Å². The van der Waals surface area contributed by atoms with Crippen molar-refractivity contribution < 1.29 is 4.74 Å². The standard InChI is InChI=1S/C12H19ClN4O/c1-4-5-18-12-15-10(13)14-11(16-12)17(3)7-9-6-8(9)2/h8-9H,4-7H2,1-3H3. The fourth-order valence-electron chi connectivity index (χ4n) is 1.84. The number of ether oxygens (including phenoxy) is 1. The average Bonchev–Trinajstić information content (AvgIpc) is 3.01. The Morgan fingerprint density at radius 3 is 2.72 bits per heavy atom. The van der Waals surface area contributed by atoms with Crippen LogP contribution in [0, 0.1) is 11.8 Å². The summed E-state index contributed by atoms with van der Waals surface area (Å²) in [4.78, 5) is 14.4. The van der Waals surface area contributed by atoms with E-state index in [0.29, 0.717) is 18.6 Å². The van der Waals surface area contributed by atoms with E-state index in [2.05, 4.69) is 21.9 Å². The Hall–Kier alpha value is -1.10. The Morgan fingerprint density at radius 1 is 1.39 bits per heavy atom. The van der Waals surface area contributed by atoms with E-state index in [-0.39, 0.29) is 5.28 Å². The topological polar surface area (TPSA) is 51.1 Å². The minimum atomic E-state index is 0.182. The summed E-state index contributed by atoms with van der Waals surface area (Å²) in [5.41, 5.74) is 0. The first kappa shape index (κ1) is 13.3. The third-order valence-corrected chi connectivity index (χ3v) is 3.31. The van der Waals surface area contributed by atoms with Crippen molar-refractivity contribution >= 4 is 17.5 Å². The normalized spacial score (nSPS) is 21.8. The quantitative estimate of drug-likeness (QED) is 0.794. The van der Waals surface area contributed by atoms with Gasteiger partial charge in [0.2, 0.25) is 11.2 Å². The van der Waals surface area contributed by atoms with Gasteiger partial charge in [0, 0.05) is 13.6 Å². The number of halogens is 1. The molecule has 1 saturated carbocycles. The highest BCUT2D eigenvalue weighted by Gasteiger charge is 2.33. The molecule has 0 saturated heterocycles. The maximum atomic E-state index is 5.88. The van der Waals surface area contributed by atoms with E-state index in [1.807, 2.05) is 18.9 Å². The summed E-state index contributed by atoms with van der Waals surface area (Å²) >= 11 is 5.88. The van der Waals surface area contributed by atoms with Crippen molar-refractivity contribution in [1.82, 2.24) is 15.0 Å². The predicted octanol–water partition coefficient (Wildman–Crippen LogP) is 2.41. The lowest BCUT2D eigenvalue weighted by Crippen LogP contribution is -2.23. The first-order chi connectivity index (χ1) is 8.60. The molecular weight excluding hydrogens is 252 g/mol. The van der Waals surface area contributed by atoms with Gasteiger partial charge < -0.3 is 9.64 Å². The van der Waals surface area contributed by atoms with Gasteiger partial charge in [-0.2, -0.15) is 15.0 Å². The van der Waals surface area contributed by atoms with Gasteiger partial charge in [-0.25, -0.2) is 0 Å². The lowest BCUT2D eigenvalue weighted by Gasteiger charge is -2.17. The van der Waals surface area contributed by atoms with Crippen LogP contribution < -0.4 is 9.64 Å². The molecule has 0 bridgehead atoms. The van der Waals surface area contributed by atoms with Gasteiger partial charge in [0.15, 0.2) is 0 Å². The Labute approximate surface area is 113 Å². The van der Waals surface area contributed by atoms with Gasteiger partial charge in [-0.05, 0) is 36.3 Å². The number of rotatable bonds is 6. The zero-order valence-corrected chi connectivity index (χ0v) is 11.8. The van der Waals surface area contributed by atoms with Crippen molar-refractivity contribution in [1.29, 1.82) is 0 Å². The molecule has 0 N–H and O–H groups in total. The molecule has 1 aromatic heterocycles. The van der Waals surface area contributed by atoms with Gasteiger partial charge in [-0.1, -0.05) is 13.8 Å². The van der Waals surface area contributed by atoms with Crippen LogP contribution in [0.2, 0.25) is 5.28 Å². The first-order valence-corrected chi connectivity index (χ1v) is 6.73. The zero-order chi connectivity index (χ0) is 13.1. The highest BCUT2D eigenvalue weighted by Crippen LogP contribution is 2.38. The van der Waals surface area contributed by atoms with Crippen molar-refractivity contribution in [3.05, 3.63) is 5.28 Å².